The molecule has 0 saturated heterocycles. The zero-order valence-corrected chi connectivity index (χ0v) is 13.4. The maximum atomic E-state index is 11.6. The number of halogens is 1. The fourth-order valence-electron chi connectivity index (χ4n) is 1.65. The normalized spacial score (nSPS) is 11.8. The lowest BCUT2D eigenvalue weighted by Crippen LogP contribution is -2.36. The minimum atomic E-state index is -0.493. The van der Waals surface area contributed by atoms with Crippen LogP contribution in [0, 0.1) is 10.1 Å². The number of likely N-dealkylation sites (N-methyl/N-ethyl adjacent to an activating group) is 1. The van der Waals surface area contributed by atoms with E-state index in [1.54, 1.807) is 20.0 Å². The Morgan fingerprint density at radius 1 is 1.48 bits per heavy atom. The summed E-state index contributed by atoms with van der Waals surface area (Å²) >= 11 is 3.19. The van der Waals surface area contributed by atoms with E-state index in [0.29, 0.717) is 23.2 Å². The number of rotatable bonds is 8. The van der Waals surface area contributed by atoms with Crippen molar-refractivity contribution in [2.45, 2.75) is 19.4 Å². The van der Waals surface area contributed by atoms with Gasteiger partial charge in [0.1, 0.15) is 11.8 Å². The van der Waals surface area contributed by atoms with E-state index in [1.807, 2.05) is 0 Å². The highest BCUT2D eigenvalue weighted by Crippen LogP contribution is 2.26. The Morgan fingerprint density at radius 3 is 2.76 bits per heavy atom. The summed E-state index contributed by atoms with van der Waals surface area (Å²) in [6.45, 7) is 2.29. The molecule has 0 radical (unpaired) electrons. The summed E-state index contributed by atoms with van der Waals surface area (Å²) in [5.41, 5.74) is -0.0602. The van der Waals surface area contributed by atoms with Crippen molar-refractivity contribution in [2.24, 2.45) is 0 Å². The Balaban J connectivity index is 2.59. The minimum absolute atomic E-state index is 0.0602. The van der Waals surface area contributed by atoms with E-state index in [2.05, 4.69) is 21.2 Å². The van der Waals surface area contributed by atoms with Gasteiger partial charge in [0, 0.05) is 17.0 Å². The second-order valence-corrected chi connectivity index (χ2v) is 5.05. The van der Waals surface area contributed by atoms with Gasteiger partial charge in [-0.2, -0.15) is 0 Å². The highest BCUT2D eigenvalue weighted by atomic mass is 79.9. The minimum Gasteiger partial charge on any atom is -0.493 e. The van der Waals surface area contributed by atoms with E-state index < -0.39 is 11.0 Å². The number of hydrogen-bond acceptors (Lipinski definition) is 6. The molecular formula is C13H17BrN2O5. The Kier molecular flexibility index (Phi) is 7.10. The third-order valence-electron chi connectivity index (χ3n) is 2.66. The van der Waals surface area contributed by atoms with Crippen molar-refractivity contribution in [1.82, 2.24) is 5.32 Å². The summed E-state index contributed by atoms with van der Waals surface area (Å²) in [4.78, 5) is 21.8. The van der Waals surface area contributed by atoms with Crippen molar-refractivity contribution in [1.29, 1.82) is 0 Å². The zero-order chi connectivity index (χ0) is 15.8. The molecule has 0 aromatic heterocycles. The first kappa shape index (κ1) is 17.4. The topological polar surface area (TPSA) is 90.7 Å². The molecular weight excluding hydrogens is 344 g/mol. The van der Waals surface area contributed by atoms with E-state index in [4.69, 9.17) is 9.47 Å². The predicted molar refractivity (Wildman–Crippen MR) is 80.4 cm³/mol. The molecule has 0 aliphatic carbocycles. The Hall–Kier alpha value is -1.67. The molecule has 0 bridgehead atoms. The monoisotopic (exact) mass is 360 g/mol. The molecule has 0 fully saturated rings. The summed E-state index contributed by atoms with van der Waals surface area (Å²) in [5.74, 6) is 0.0265. The number of nitro groups is 1. The number of carbonyl (C=O) groups excluding carboxylic acids is 1. The zero-order valence-electron chi connectivity index (χ0n) is 11.8. The highest BCUT2D eigenvalue weighted by Gasteiger charge is 2.17. The molecule has 0 amide bonds. The van der Waals surface area contributed by atoms with Crippen LogP contribution in [0.3, 0.4) is 0 Å². The SMILES string of the molecule is CCOC(=O)C(CCOc1cc(Br)cc([N+](=O)[O-])c1)NC. The number of nitrogens with one attached hydrogen (secondary N) is 1. The predicted octanol–water partition coefficient (Wildman–Crippen LogP) is 2.28. The molecule has 0 spiro atoms. The first-order valence-electron chi connectivity index (χ1n) is 6.39. The number of nitro benzene ring substituents is 1. The molecule has 21 heavy (non-hydrogen) atoms. The van der Waals surface area contributed by atoms with E-state index in [9.17, 15) is 14.9 Å². The van der Waals surface area contributed by atoms with Gasteiger partial charge in [0.2, 0.25) is 0 Å². The first-order chi connectivity index (χ1) is 9.97. The second kappa shape index (κ2) is 8.58. The van der Waals surface area contributed by atoms with Crippen molar-refractivity contribution in [2.75, 3.05) is 20.3 Å². The van der Waals surface area contributed by atoms with Gasteiger partial charge in [0.25, 0.3) is 5.69 Å². The lowest BCUT2D eigenvalue weighted by atomic mass is 10.2. The highest BCUT2D eigenvalue weighted by molar-refractivity contribution is 9.10. The van der Waals surface area contributed by atoms with Crippen LogP contribution in [-0.4, -0.2) is 37.2 Å². The van der Waals surface area contributed by atoms with Crippen LogP contribution in [-0.2, 0) is 9.53 Å². The molecule has 0 aliphatic heterocycles. The molecule has 1 aromatic rings. The van der Waals surface area contributed by atoms with Gasteiger partial charge in [-0.05, 0) is 20.0 Å². The van der Waals surface area contributed by atoms with Gasteiger partial charge in [-0.3, -0.25) is 14.9 Å². The molecule has 1 rings (SSSR count). The molecule has 116 valence electrons. The van der Waals surface area contributed by atoms with E-state index in [0.717, 1.165) is 0 Å². The molecule has 0 saturated carbocycles. The van der Waals surface area contributed by atoms with Crippen LogP contribution < -0.4 is 10.1 Å². The average Bonchev–Trinajstić information content (AvgIpc) is 2.43. The number of benzene rings is 1. The Bertz CT molecular complexity index is 509. The van der Waals surface area contributed by atoms with Crippen molar-refractivity contribution in [3.63, 3.8) is 0 Å². The third kappa shape index (κ3) is 5.68. The summed E-state index contributed by atoms with van der Waals surface area (Å²) in [7, 11) is 1.66. The molecule has 8 heteroatoms. The Labute approximate surface area is 130 Å². The maximum Gasteiger partial charge on any atom is 0.323 e. The summed E-state index contributed by atoms with van der Waals surface area (Å²) in [6, 6.07) is 3.89. The van der Waals surface area contributed by atoms with Gasteiger partial charge in [-0.15, -0.1) is 0 Å². The van der Waals surface area contributed by atoms with Crippen molar-refractivity contribution < 1.29 is 19.2 Å². The number of nitrogens with zero attached hydrogens (tertiary/aromatic N) is 1. The number of hydrogen-bond donors (Lipinski definition) is 1. The number of non-ortho nitro benzene ring substituents is 1. The molecule has 1 atom stereocenters. The molecule has 0 heterocycles. The number of esters is 1. The standard InChI is InChI=1S/C13H17BrN2O5/c1-3-20-13(17)12(15-2)4-5-21-11-7-9(14)6-10(8-11)16(18)19/h6-8,12,15H,3-5H2,1-2H3. The smallest absolute Gasteiger partial charge is 0.323 e. The number of carbonyl (C=O) groups is 1. The summed E-state index contributed by atoms with van der Waals surface area (Å²) in [6.07, 6.45) is 0.398. The summed E-state index contributed by atoms with van der Waals surface area (Å²) < 4.78 is 10.9. The number of ether oxygens (including phenoxy) is 2. The fourth-order valence-corrected chi connectivity index (χ4v) is 2.11. The molecule has 1 aromatic carbocycles. The van der Waals surface area contributed by atoms with Crippen molar-refractivity contribution >= 4 is 27.6 Å². The van der Waals surface area contributed by atoms with Crippen LogP contribution in [0.4, 0.5) is 5.69 Å². The van der Waals surface area contributed by atoms with Crippen LogP contribution in [0.2, 0.25) is 0 Å². The molecule has 1 N–H and O–H groups in total. The van der Waals surface area contributed by atoms with Crippen LogP contribution in [0.25, 0.3) is 0 Å². The molecule has 0 aliphatic rings. The van der Waals surface area contributed by atoms with E-state index >= 15 is 0 Å². The third-order valence-corrected chi connectivity index (χ3v) is 3.12. The van der Waals surface area contributed by atoms with Gasteiger partial charge in [-0.25, -0.2) is 0 Å². The quantitative estimate of drug-likeness (QED) is 0.434. The molecule has 1 unspecified atom stereocenters. The lowest BCUT2D eigenvalue weighted by molar-refractivity contribution is -0.385. The van der Waals surface area contributed by atoms with Crippen LogP contribution in [0.5, 0.6) is 5.75 Å². The largest absolute Gasteiger partial charge is 0.493 e. The van der Waals surface area contributed by atoms with Crippen molar-refractivity contribution in [3.05, 3.63) is 32.8 Å². The first-order valence-corrected chi connectivity index (χ1v) is 7.19. The van der Waals surface area contributed by atoms with Gasteiger partial charge in [0.15, 0.2) is 0 Å². The maximum absolute atomic E-state index is 11.6. The second-order valence-electron chi connectivity index (χ2n) is 4.13. The van der Waals surface area contributed by atoms with E-state index in [1.165, 1.54) is 12.1 Å². The van der Waals surface area contributed by atoms with Crippen LogP contribution in [0.1, 0.15) is 13.3 Å². The van der Waals surface area contributed by atoms with Crippen molar-refractivity contribution in [3.8, 4) is 5.75 Å². The summed E-state index contributed by atoms with van der Waals surface area (Å²) in [5, 5.41) is 13.6. The van der Waals surface area contributed by atoms with Crippen LogP contribution >= 0.6 is 15.9 Å². The lowest BCUT2D eigenvalue weighted by Gasteiger charge is -2.15. The average molecular weight is 361 g/mol. The van der Waals surface area contributed by atoms with Gasteiger partial charge >= 0.3 is 5.97 Å². The fraction of sp³-hybridized carbons (Fsp3) is 0.462. The van der Waals surface area contributed by atoms with E-state index in [-0.39, 0.29) is 18.3 Å². The van der Waals surface area contributed by atoms with Crippen LogP contribution in [0.15, 0.2) is 22.7 Å². The Morgan fingerprint density at radius 2 is 2.19 bits per heavy atom. The molecule has 7 nitrogen and oxygen atoms in total. The van der Waals surface area contributed by atoms with Gasteiger partial charge in [0.05, 0.1) is 24.2 Å². The van der Waals surface area contributed by atoms with Gasteiger partial charge in [-0.1, -0.05) is 15.9 Å². The van der Waals surface area contributed by atoms with Gasteiger partial charge < -0.3 is 14.8 Å².